The minimum absolute atomic E-state index is 0.0392. The molecule has 3 aromatic rings. The number of aromatic carboxylic acids is 1. The summed E-state index contributed by atoms with van der Waals surface area (Å²) in [7, 11) is 0. The van der Waals surface area contributed by atoms with Gasteiger partial charge >= 0.3 is 0 Å². The summed E-state index contributed by atoms with van der Waals surface area (Å²) in [6, 6.07) is 15.6. The van der Waals surface area contributed by atoms with E-state index in [0.717, 1.165) is 0 Å². The number of carbonyl (C=O) groups excluding carboxylic acids is 3. The van der Waals surface area contributed by atoms with Crippen LogP contribution in [0.2, 0.25) is 5.02 Å². The van der Waals surface area contributed by atoms with Gasteiger partial charge in [-0.3, -0.25) is 19.8 Å². The summed E-state index contributed by atoms with van der Waals surface area (Å²) >= 11 is 11.1. The lowest BCUT2D eigenvalue weighted by Crippen LogP contribution is -2.54. The molecule has 0 saturated carbocycles. The average molecular weight is 452 g/mol. The lowest BCUT2D eigenvalue weighted by Gasteiger charge is -2.28. The summed E-state index contributed by atoms with van der Waals surface area (Å²) in [6.07, 6.45) is 1.32. The first kappa shape index (κ1) is 20.5. The van der Waals surface area contributed by atoms with Gasteiger partial charge in [-0.25, -0.2) is 0 Å². The van der Waals surface area contributed by atoms with E-state index >= 15 is 0 Å². The molecule has 0 spiro atoms. The van der Waals surface area contributed by atoms with Gasteiger partial charge in [-0.2, -0.15) is 0 Å². The fraction of sp³-hybridized carbons (Fsp3) is 0. The topological polar surface area (TPSA) is 103 Å². The molecule has 4 rings (SSSR count). The monoisotopic (exact) mass is 451 g/mol. The van der Waals surface area contributed by atoms with Gasteiger partial charge in [0.05, 0.1) is 11.7 Å². The predicted molar refractivity (Wildman–Crippen MR) is 116 cm³/mol. The number of halogens is 1. The maximum atomic E-state index is 13.0. The van der Waals surface area contributed by atoms with Crippen molar-refractivity contribution in [2.75, 3.05) is 4.90 Å². The lowest BCUT2D eigenvalue weighted by atomic mass is 10.1. The third kappa shape index (κ3) is 4.11. The molecule has 31 heavy (non-hydrogen) atoms. The predicted octanol–water partition coefficient (Wildman–Crippen LogP) is 2.79. The SMILES string of the molecule is O=C1NC(=S)N(c2ccc(Cl)cc2)C(=O)/C1=C\c1ccc(-c2ccc(C(=O)[O-])cc2)o1. The molecule has 1 fully saturated rings. The third-order valence-electron chi connectivity index (χ3n) is 4.51. The molecular weight excluding hydrogens is 440 g/mol. The fourth-order valence-corrected chi connectivity index (χ4v) is 3.39. The Balaban J connectivity index is 1.63. The zero-order valence-electron chi connectivity index (χ0n) is 15.6. The molecule has 1 saturated heterocycles. The molecule has 0 radical (unpaired) electrons. The van der Waals surface area contributed by atoms with Gasteiger partial charge in [0, 0.05) is 10.6 Å². The molecule has 1 aromatic heterocycles. The van der Waals surface area contributed by atoms with Crippen LogP contribution in [0.15, 0.2) is 70.7 Å². The van der Waals surface area contributed by atoms with Gasteiger partial charge in [0.2, 0.25) is 0 Å². The molecule has 0 aliphatic carbocycles. The van der Waals surface area contributed by atoms with Crippen LogP contribution in [0.1, 0.15) is 16.1 Å². The van der Waals surface area contributed by atoms with Gasteiger partial charge in [0.25, 0.3) is 11.8 Å². The maximum Gasteiger partial charge on any atom is 0.270 e. The van der Waals surface area contributed by atoms with Gasteiger partial charge in [-0.1, -0.05) is 35.9 Å². The van der Waals surface area contributed by atoms with Crippen LogP contribution in [0, 0.1) is 0 Å². The number of carboxylic acids is 1. The number of amides is 2. The van der Waals surface area contributed by atoms with Crippen LogP contribution in [0.4, 0.5) is 5.69 Å². The summed E-state index contributed by atoms with van der Waals surface area (Å²) in [5.41, 5.74) is 0.966. The van der Waals surface area contributed by atoms with Crippen molar-refractivity contribution in [2.45, 2.75) is 0 Å². The molecule has 2 amide bonds. The minimum atomic E-state index is -1.28. The summed E-state index contributed by atoms with van der Waals surface area (Å²) in [5.74, 6) is -1.82. The Hall–Kier alpha value is -3.75. The minimum Gasteiger partial charge on any atom is -0.545 e. The fourth-order valence-electron chi connectivity index (χ4n) is 2.98. The second-order valence-electron chi connectivity index (χ2n) is 6.50. The Morgan fingerprint density at radius 1 is 1.03 bits per heavy atom. The number of furan rings is 1. The van der Waals surface area contributed by atoms with Crippen LogP contribution in [-0.2, 0) is 9.59 Å². The average Bonchev–Trinajstić information content (AvgIpc) is 3.21. The van der Waals surface area contributed by atoms with Crippen LogP contribution < -0.4 is 15.3 Å². The summed E-state index contributed by atoms with van der Waals surface area (Å²) in [6.45, 7) is 0. The zero-order valence-corrected chi connectivity index (χ0v) is 17.2. The van der Waals surface area contributed by atoms with Gasteiger partial charge in [-0.05, 0) is 60.3 Å². The number of benzene rings is 2. The summed E-state index contributed by atoms with van der Waals surface area (Å²) in [4.78, 5) is 37.4. The van der Waals surface area contributed by atoms with Crippen LogP contribution in [0.25, 0.3) is 17.4 Å². The van der Waals surface area contributed by atoms with Crippen molar-refractivity contribution < 1.29 is 23.9 Å². The highest BCUT2D eigenvalue weighted by Gasteiger charge is 2.34. The highest BCUT2D eigenvalue weighted by molar-refractivity contribution is 7.80. The van der Waals surface area contributed by atoms with Crippen LogP contribution in [0.3, 0.4) is 0 Å². The van der Waals surface area contributed by atoms with Gasteiger partial charge in [-0.15, -0.1) is 0 Å². The molecule has 1 N–H and O–H groups in total. The Bertz CT molecular complexity index is 1250. The van der Waals surface area contributed by atoms with Crippen molar-refractivity contribution in [2.24, 2.45) is 0 Å². The van der Waals surface area contributed by atoms with Gasteiger partial charge in [0.15, 0.2) is 5.11 Å². The number of nitrogens with zero attached hydrogens (tertiary/aromatic N) is 1. The molecule has 154 valence electrons. The second kappa shape index (κ2) is 8.17. The van der Waals surface area contributed by atoms with Crippen molar-refractivity contribution in [3.63, 3.8) is 0 Å². The Morgan fingerprint density at radius 2 is 1.71 bits per heavy atom. The van der Waals surface area contributed by atoms with Crippen molar-refractivity contribution in [1.29, 1.82) is 0 Å². The van der Waals surface area contributed by atoms with Gasteiger partial charge < -0.3 is 14.3 Å². The first-order valence-electron chi connectivity index (χ1n) is 8.92. The summed E-state index contributed by atoms with van der Waals surface area (Å²) < 4.78 is 5.71. The van der Waals surface area contributed by atoms with Gasteiger partial charge in [0.1, 0.15) is 17.1 Å². The van der Waals surface area contributed by atoms with Crippen molar-refractivity contribution in [3.05, 3.63) is 82.6 Å². The summed E-state index contributed by atoms with van der Waals surface area (Å²) in [5, 5.41) is 13.8. The number of hydrogen-bond acceptors (Lipinski definition) is 6. The van der Waals surface area contributed by atoms with Crippen molar-refractivity contribution in [3.8, 4) is 11.3 Å². The number of nitrogens with one attached hydrogen (secondary N) is 1. The molecular formula is C22H12ClN2O5S-. The van der Waals surface area contributed by atoms with Crippen LogP contribution in [0.5, 0.6) is 0 Å². The molecule has 7 nitrogen and oxygen atoms in total. The molecule has 0 unspecified atom stereocenters. The third-order valence-corrected chi connectivity index (χ3v) is 5.04. The molecule has 0 atom stereocenters. The maximum absolute atomic E-state index is 13.0. The van der Waals surface area contributed by atoms with E-state index in [9.17, 15) is 19.5 Å². The Morgan fingerprint density at radius 3 is 2.35 bits per heavy atom. The van der Waals surface area contributed by atoms with Crippen molar-refractivity contribution in [1.82, 2.24) is 5.32 Å². The number of thiocarbonyl (C=S) groups is 1. The standard InChI is InChI=1S/C22H13ClN2O5S/c23-14-5-7-15(8-6-14)25-20(27)17(19(26)24-22(25)31)11-16-9-10-18(30-16)12-1-3-13(4-2-12)21(28)29/h1-11H,(H,28,29)(H,24,26,31)/p-1/b17-11-. The first-order valence-corrected chi connectivity index (χ1v) is 9.71. The van der Waals surface area contributed by atoms with E-state index in [1.165, 1.54) is 23.1 Å². The van der Waals surface area contributed by atoms with Crippen LogP contribution in [-0.4, -0.2) is 22.9 Å². The lowest BCUT2D eigenvalue weighted by molar-refractivity contribution is -0.255. The van der Waals surface area contributed by atoms with E-state index in [2.05, 4.69) is 5.32 Å². The normalized spacial score (nSPS) is 15.3. The quantitative estimate of drug-likeness (QED) is 0.372. The Labute approximate surface area is 186 Å². The highest BCUT2D eigenvalue weighted by Crippen LogP contribution is 2.26. The zero-order chi connectivity index (χ0) is 22.1. The number of anilines is 1. The second-order valence-corrected chi connectivity index (χ2v) is 7.32. The van der Waals surface area contributed by atoms with Crippen LogP contribution >= 0.6 is 23.8 Å². The molecule has 2 aromatic carbocycles. The Kier molecular flexibility index (Phi) is 5.41. The molecule has 1 aliphatic heterocycles. The van der Waals surface area contributed by atoms with E-state index in [-0.39, 0.29) is 22.0 Å². The first-order chi connectivity index (χ1) is 14.8. The van der Waals surface area contributed by atoms with Crippen molar-refractivity contribution >= 4 is 58.5 Å². The number of carboxylic acid groups (broad SMARTS) is 1. The van der Waals surface area contributed by atoms with E-state index in [1.54, 1.807) is 48.5 Å². The number of rotatable bonds is 4. The van der Waals surface area contributed by atoms with E-state index in [0.29, 0.717) is 22.0 Å². The number of hydrogen-bond donors (Lipinski definition) is 1. The number of carbonyl (C=O) groups is 3. The van der Waals surface area contributed by atoms with E-state index in [1.807, 2.05) is 0 Å². The molecule has 1 aliphatic rings. The van der Waals surface area contributed by atoms with E-state index < -0.39 is 17.8 Å². The molecule has 0 bridgehead atoms. The highest BCUT2D eigenvalue weighted by atomic mass is 35.5. The smallest absolute Gasteiger partial charge is 0.270 e. The molecule has 2 heterocycles. The van der Waals surface area contributed by atoms with E-state index in [4.69, 9.17) is 28.2 Å². The molecule has 9 heteroatoms. The largest absolute Gasteiger partial charge is 0.545 e.